The van der Waals surface area contributed by atoms with Gasteiger partial charge in [-0.25, -0.2) is 9.18 Å². The Morgan fingerprint density at radius 1 is 1.67 bits per heavy atom. The molecule has 0 fully saturated rings. The van der Waals surface area contributed by atoms with Crippen LogP contribution in [-0.4, -0.2) is 12.6 Å². The van der Waals surface area contributed by atoms with E-state index in [1.807, 2.05) is 6.07 Å². The van der Waals surface area contributed by atoms with Gasteiger partial charge < -0.3 is 4.74 Å². The van der Waals surface area contributed by atoms with Crippen LogP contribution in [0.15, 0.2) is 17.0 Å². The van der Waals surface area contributed by atoms with Crippen LogP contribution in [0, 0.1) is 17.1 Å². The molecule has 0 atom stereocenters. The van der Waals surface area contributed by atoms with Crippen LogP contribution < -0.4 is 0 Å². The lowest BCUT2D eigenvalue weighted by Crippen LogP contribution is -2.07. The maximum absolute atomic E-state index is 13.3. The molecule has 0 amide bonds. The molecule has 1 rings (SSSR count). The van der Waals surface area contributed by atoms with E-state index in [1.54, 1.807) is 6.92 Å². The summed E-state index contributed by atoms with van der Waals surface area (Å²) >= 11 is 3.90. The van der Waals surface area contributed by atoms with Gasteiger partial charge in [0.05, 0.1) is 17.7 Å². The highest BCUT2D eigenvalue weighted by Gasteiger charge is 2.15. The number of esters is 1. The first-order valence-corrected chi connectivity index (χ1v) is 4.64. The molecule has 0 aliphatic rings. The van der Waals surface area contributed by atoms with Gasteiger partial charge in [-0.1, -0.05) is 0 Å². The third kappa shape index (κ3) is 2.48. The summed E-state index contributed by atoms with van der Waals surface area (Å²) in [4.78, 5) is 11.4. The predicted molar refractivity (Wildman–Crippen MR) is 54.3 cm³/mol. The highest BCUT2D eigenvalue weighted by atomic mass is 32.1. The van der Waals surface area contributed by atoms with Gasteiger partial charge in [-0.3, -0.25) is 0 Å². The standard InChI is InChI=1S/C10H8FNO2S/c1-2-14-10(13)7-3-6(5-12)9(15)4-8(7)11/h3-4,15H,2H2,1H3. The number of hydrogen-bond acceptors (Lipinski definition) is 4. The van der Waals surface area contributed by atoms with Crippen LogP contribution in [0.2, 0.25) is 0 Å². The van der Waals surface area contributed by atoms with Gasteiger partial charge in [0.2, 0.25) is 0 Å². The highest BCUT2D eigenvalue weighted by Crippen LogP contribution is 2.19. The number of nitriles is 1. The zero-order chi connectivity index (χ0) is 11.4. The maximum Gasteiger partial charge on any atom is 0.341 e. The molecule has 3 nitrogen and oxygen atoms in total. The lowest BCUT2D eigenvalue weighted by molar-refractivity contribution is 0.0521. The lowest BCUT2D eigenvalue weighted by atomic mass is 10.1. The molecule has 0 saturated heterocycles. The summed E-state index contributed by atoms with van der Waals surface area (Å²) in [6.07, 6.45) is 0. The average Bonchev–Trinajstić information content (AvgIpc) is 2.18. The van der Waals surface area contributed by atoms with E-state index in [0.29, 0.717) is 0 Å². The Kier molecular flexibility index (Phi) is 3.69. The smallest absolute Gasteiger partial charge is 0.341 e. The second-order valence-corrected chi connectivity index (χ2v) is 3.16. The van der Waals surface area contributed by atoms with Crippen molar-refractivity contribution in [1.82, 2.24) is 0 Å². The van der Waals surface area contributed by atoms with Crippen molar-refractivity contribution >= 4 is 18.6 Å². The van der Waals surface area contributed by atoms with Crippen LogP contribution in [-0.2, 0) is 4.74 Å². The highest BCUT2D eigenvalue weighted by molar-refractivity contribution is 7.80. The van der Waals surface area contributed by atoms with Gasteiger partial charge in [-0.15, -0.1) is 12.6 Å². The zero-order valence-corrected chi connectivity index (χ0v) is 8.85. The summed E-state index contributed by atoms with van der Waals surface area (Å²) in [5.74, 6) is -1.52. The van der Waals surface area contributed by atoms with Crippen LogP contribution >= 0.6 is 12.6 Å². The summed E-state index contributed by atoms with van der Waals surface area (Å²) in [7, 11) is 0. The Morgan fingerprint density at radius 3 is 2.87 bits per heavy atom. The monoisotopic (exact) mass is 225 g/mol. The first-order chi connectivity index (χ1) is 7.10. The largest absolute Gasteiger partial charge is 0.462 e. The summed E-state index contributed by atoms with van der Waals surface area (Å²) < 4.78 is 17.9. The average molecular weight is 225 g/mol. The van der Waals surface area contributed by atoms with E-state index in [2.05, 4.69) is 17.4 Å². The van der Waals surface area contributed by atoms with E-state index in [1.165, 1.54) is 0 Å². The molecule has 0 saturated carbocycles. The molecule has 0 spiro atoms. The van der Waals surface area contributed by atoms with Gasteiger partial charge in [0.15, 0.2) is 0 Å². The molecule has 0 N–H and O–H groups in total. The Balaban J connectivity index is 3.20. The number of carbonyl (C=O) groups excluding carboxylic acids is 1. The lowest BCUT2D eigenvalue weighted by Gasteiger charge is -2.04. The van der Waals surface area contributed by atoms with Gasteiger partial charge in [0.25, 0.3) is 0 Å². The van der Waals surface area contributed by atoms with Gasteiger partial charge in [0.1, 0.15) is 11.9 Å². The Hall–Kier alpha value is -1.54. The molecule has 78 valence electrons. The summed E-state index contributed by atoms with van der Waals surface area (Å²) in [5, 5.41) is 8.67. The maximum atomic E-state index is 13.3. The molecule has 0 aromatic heterocycles. The number of carbonyl (C=O) groups is 1. The fourth-order valence-electron chi connectivity index (χ4n) is 1.02. The first kappa shape index (κ1) is 11.5. The number of nitrogens with zero attached hydrogens (tertiary/aromatic N) is 1. The number of rotatable bonds is 2. The number of halogens is 1. The minimum absolute atomic E-state index is 0.141. The van der Waals surface area contributed by atoms with Crippen LogP contribution in [0.25, 0.3) is 0 Å². The quantitative estimate of drug-likeness (QED) is 0.619. The SMILES string of the molecule is CCOC(=O)c1cc(C#N)c(S)cc1F. The van der Waals surface area contributed by atoms with Gasteiger partial charge in [0, 0.05) is 4.90 Å². The van der Waals surface area contributed by atoms with Gasteiger partial charge >= 0.3 is 5.97 Å². The van der Waals surface area contributed by atoms with Crippen LogP contribution in [0.5, 0.6) is 0 Å². The topological polar surface area (TPSA) is 50.1 Å². The Morgan fingerprint density at radius 2 is 2.33 bits per heavy atom. The number of thiol groups is 1. The summed E-state index contributed by atoms with van der Waals surface area (Å²) in [6.45, 7) is 1.77. The molecule has 15 heavy (non-hydrogen) atoms. The second kappa shape index (κ2) is 4.80. The number of hydrogen-bond donors (Lipinski definition) is 1. The van der Waals surface area contributed by atoms with E-state index < -0.39 is 11.8 Å². The van der Waals surface area contributed by atoms with Crippen molar-refractivity contribution in [3.05, 3.63) is 29.1 Å². The van der Waals surface area contributed by atoms with Crippen molar-refractivity contribution in [2.75, 3.05) is 6.61 Å². The van der Waals surface area contributed by atoms with Crippen LogP contribution in [0.4, 0.5) is 4.39 Å². The molecular weight excluding hydrogens is 217 g/mol. The molecule has 1 aromatic carbocycles. The van der Waals surface area contributed by atoms with Crippen LogP contribution in [0.3, 0.4) is 0 Å². The third-order valence-electron chi connectivity index (χ3n) is 1.70. The van der Waals surface area contributed by atoms with E-state index in [9.17, 15) is 9.18 Å². The summed E-state index contributed by atoms with van der Waals surface area (Å²) in [5.41, 5.74) is -0.103. The van der Waals surface area contributed by atoms with Gasteiger partial charge in [-0.05, 0) is 19.1 Å². The molecular formula is C10H8FNO2S. The fraction of sp³-hybridized carbons (Fsp3) is 0.200. The molecule has 5 heteroatoms. The number of benzene rings is 1. The fourth-order valence-corrected chi connectivity index (χ4v) is 1.25. The van der Waals surface area contributed by atoms with E-state index >= 15 is 0 Å². The molecule has 1 aromatic rings. The van der Waals surface area contributed by atoms with Crippen molar-refractivity contribution in [3.8, 4) is 6.07 Å². The van der Waals surface area contributed by atoms with E-state index in [0.717, 1.165) is 12.1 Å². The Labute approximate surface area is 91.9 Å². The van der Waals surface area contributed by atoms with Gasteiger partial charge in [-0.2, -0.15) is 5.26 Å². The molecule has 0 aliphatic heterocycles. The number of ether oxygens (including phenoxy) is 1. The third-order valence-corrected chi connectivity index (χ3v) is 2.07. The molecule has 0 aliphatic carbocycles. The van der Waals surface area contributed by atoms with E-state index in [-0.39, 0.29) is 22.6 Å². The minimum atomic E-state index is -0.778. The molecule has 0 unspecified atom stereocenters. The van der Waals surface area contributed by atoms with Crippen molar-refractivity contribution in [1.29, 1.82) is 5.26 Å². The molecule has 0 bridgehead atoms. The summed E-state index contributed by atoms with van der Waals surface area (Å²) in [6, 6.07) is 3.97. The van der Waals surface area contributed by atoms with Crippen molar-refractivity contribution in [2.45, 2.75) is 11.8 Å². The first-order valence-electron chi connectivity index (χ1n) is 4.19. The predicted octanol–water partition coefficient (Wildman–Crippen LogP) is 2.16. The van der Waals surface area contributed by atoms with Crippen LogP contribution in [0.1, 0.15) is 22.8 Å². The molecule has 0 heterocycles. The normalized spacial score (nSPS) is 9.47. The second-order valence-electron chi connectivity index (χ2n) is 2.68. The van der Waals surface area contributed by atoms with Crippen molar-refractivity contribution < 1.29 is 13.9 Å². The zero-order valence-electron chi connectivity index (χ0n) is 7.95. The minimum Gasteiger partial charge on any atom is -0.462 e. The van der Waals surface area contributed by atoms with Crippen molar-refractivity contribution in [3.63, 3.8) is 0 Å². The van der Waals surface area contributed by atoms with E-state index in [4.69, 9.17) is 5.26 Å². The Bertz CT molecular complexity index is 440. The van der Waals surface area contributed by atoms with Crippen molar-refractivity contribution in [2.24, 2.45) is 0 Å². The molecule has 0 radical (unpaired) electrons.